The summed E-state index contributed by atoms with van der Waals surface area (Å²) in [6.07, 6.45) is 0.0897. The third-order valence-electron chi connectivity index (χ3n) is 3.99. The maximum atomic E-state index is 13.4. The summed E-state index contributed by atoms with van der Waals surface area (Å²) in [5, 5.41) is 3.15. The Morgan fingerprint density at radius 3 is 2.70 bits per heavy atom. The second kappa shape index (κ2) is 7.75. The van der Waals surface area contributed by atoms with E-state index in [0.29, 0.717) is 24.4 Å². The Bertz CT molecular complexity index is 543. The molecular formula is C17H25FN2O3. The van der Waals surface area contributed by atoms with E-state index in [9.17, 15) is 9.18 Å². The topological polar surface area (TPSA) is 50.8 Å². The molecule has 1 heterocycles. The molecule has 0 spiro atoms. The van der Waals surface area contributed by atoms with Crippen molar-refractivity contribution in [2.24, 2.45) is 0 Å². The molecule has 1 aromatic carbocycles. The first-order valence-electron chi connectivity index (χ1n) is 7.90. The zero-order valence-corrected chi connectivity index (χ0v) is 14.1. The Morgan fingerprint density at radius 1 is 1.43 bits per heavy atom. The summed E-state index contributed by atoms with van der Waals surface area (Å²) in [5.41, 5.74) is 0.698. The molecule has 1 aromatic rings. The zero-order chi connectivity index (χ0) is 17.0. The highest BCUT2D eigenvalue weighted by molar-refractivity contribution is 5.78. The van der Waals surface area contributed by atoms with Crippen molar-refractivity contribution in [3.8, 4) is 5.75 Å². The number of carbonyl (C=O) groups is 1. The Labute approximate surface area is 136 Å². The summed E-state index contributed by atoms with van der Waals surface area (Å²) >= 11 is 0. The van der Waals surface area contributed by atoms with E-state index in [-0.39, 0.29) is 36.5 Å². The van der Waals surface area contributed by atoms with Gasteiger partial charge in [-0.05, 0) is 39.0 Å². The van der Waals surface area contributed by atoms with Crippen LogP contribution in [0.1, 0.15) is 32.4 Å². The highest BCUT2D eigenvalue weighted by atomic mass is 19.1. The first-order chi connectivity index (χ1) is 10.9. The van der Waals surface area contributed by atoms with Gasteiger partial charge in [-0.25, -0.2) is 4.39 Å². The fourth-order valence-corrected chi connectivity index (χ4v) is 2.89. The summed E-state index contributed by atoms with van der Waals surface area (Å²) in [6.45, 7) is 7.20. The lowest BCUT2D eigenvalue weighted by Crippen LogP contribution is -2.50. The Morgan fingerprint density at radius 2 is 2.09 bits per heavy atom. The van der Waals surface area contributed by atoms with Gasteiger partial charge in [-0.15, -0.1) is 0 Å². The van der Waals surface area contributed by atoms with Crippen LogP contribution in [0.3, 0.4) is 0 Å². The molecule has 6 heteroatoms. The van der Waals surface area contributed by atoms with Gasteiger partial charge in [0.15, 0.2) is 0 Å². The van der Waals surface area contributed by atoms with Crippen molar-refractivity contribution in [3.05, 3.63) is 29.6 Å². The van der Waals surface area contributed by atoms with Crippen molar-refractivity contribution in [2.75, 3.05) is 26.7 Å². The molecule has 1 N–H and O–H groups in total. The predicted octanol–water partition coefficient (Wildman–Crippen LogP) is 2.12. The second-order valence-corrected chi connectivity index (χ2v) is 6.04. The van der Waals surface area contributed by atoms with Crippen LogP contribution in [0, 0.1) is 5.82 Å². The molecule has 0 saturated carbocycles. The molecule has 1 saturated heterocycles. The van der Waals surface area contributed by atoms with Gasteiger partial charge in [-0.2, -0.15) is 0 Å². The number of morpholine rings is 1. The molecule has 5 nitrogen and oxygen atoms in total. The lowest BCUT2D eigenvalue weighted by molar-refractivity contribution is -0.142. The maximum absolute atomic E-state index is 13.4. The van der Waals surface area contributed by atoms with Gasteiger partial charge in [0, 0.05) is 24.7 Å². The van der Waals surface area contributed by atoms with Crippen LogP contribution >= 0.6 is 0 Å². The van der Waals surface area contributed by atoms with Gasteiger partial charge in [0.1, 0.15) is 11.6 Å². The molecule has 0 radical (unpaired) electrons. The molecule has 0 aliphatic carbocycles. The molecule has 1 amide bonds. The van der Waals surface area contributed by atoms with Crippen molar-refractivity contribution in [3.63, 3.8) is 0 Å². The third-order valence-corrected chi connectivity index (χ3v) is 3.99. The van der Waals surface area contributed by atoms with Crippen LogP contribution in [0.25, 0.3) is 0 Å². The lowest BCUT2D eigenvalue weighted by atomic mass is 10.1. The van der Waals surface area contributed by atoms with E-state index in [0.717, 1.165) is 0 Å². The normalized spacial score (nSPS) is 22.7. The number of hydrogen-bond donors (Lipinski definition) is 1. The minimum atomic E-state index is -0.323. The number of nitrogens with zero attached hydrogens (tertiary/aromatic N) is 1. The minimum absolute atomic E-state index is 0.0224. The smallest absolute Gasteiger partial charge is 0.236 e. The summed E-state index contributed by atoms with van der Waals surface area (Å²) < 4.78 is 24.3. The van der Waals surface area contributed by atoms with Crippen molar-refractivity contribution < 1.29 is 18.7 Å². The van der Waals surface area contributed by atoms with E-state index in [2.05, 4.69) is 5.32 Å². The van der Waals surface area contributed by atoms with E-state index in [1.165, 1.54) is 12.1 Å². The highest BCUT2D eigenvalue weighted by Crippen LogP contribution is 2.25. The standard InChI is InChI=1S/C17H25FN2O3/c1-11-9-20(10-12(2)23-11)17(21)8-19-13(3)15-7-14(18)5-6-16(15)22-4/h5-7,11-13,19H,8-10H2,1-4H3. The van der Waals surface area contributed by atoms with Crippen molar-refractivity contribution in [2.45, 2.75) is 39.0 Å². The number of nitrogens with one attached hydrogen (secondary N) is 1. The van der Waals surface area contributed by atoms with Crippen LogP contribution in [-0.4, -0.2) is 49.8 Å². The molecule has 2 rings (SSSR count). The van der Waals surface area contributed by atoms with E-state index < -0.39 is 0 Å². The molecular weight excluding hydrogens is 299 g/mol. The van der Waals surface area contributed by atoms with E-state index in [4.69, 9.17) is 9.47 Å². The van der Waals surface area contributed by atoms with Crippen LogP contribution in [0.5, 0.6) is 5.75 Å². The number of hydrogen-bond acceptors (Lipinski definition) is 4. The van der Waals surface area contributed by atoms with Crippen LogP contribution in [0.4, 0.5) is 4.39 Å². The van der Waals surface area contributed by atoms with Crippen LogP contribution in [0.15, 0.2) is 18.2 Å². The van der Waals surface area contributed by atoms with Gasteiger partial charge in [0.2, 0.25) is 5.91 Å². The quantitative estimate of drug-likeness (QED) is 0.901. The number of halogens is 1. The van der Waals surface area contributed by atoms with Gasteiger partial charge in [0.05, 0.1) is 25.9 Å². The number of rotatable bonds is 5. The van der Waals surface area contributed by atoms with Crippen molar-refractivity contribution in [1.82, 2.24) is 10.2 Å². The first kappa shape index (κ1) is 17.7. The number of amides is 1. The van der Waals surface area contributed by atoms with Crippen LogP contribution < -0.4 is 10.1 Å². The lowest BCUT2D eigenvalue weighted by Gasteiger charge is -2.35. The second-order valence-electron chi connectivity index (χ2n) is 6.04. The van der Waals surface area contributed by atoms with Gasteiger partial charge in [-0.3, -0.25) is 4.79 Å². The van der Waals surface area contributed by atoms with E-state index >= 15 is 0 Å². The Balaban J connectivity index is 1.95. The fraction of sp³-hybridized carbons (Fsp3) is 0.588. The van der Waals surface area contributed by atoms with Crippen LogP contribution in [0.2, 0.25) is 0 Å². The van der Waals surface area contributed by atoms with E-state index in [1.807, 2.05) is 20.8 Å². The summed E-state index contributed by atoms with van der Waals surface area (Å²) in [4.78, 5) is 14.2. The monoisotopic (exact) mass is 324 g/mol. The fourth-order valence-electron chi connectivity index (χ4n) is 2.89. The summed E-state index contributed by atoms with van der Waals surface area (Å²) in [7, 11) is 1.55. The number of benzene rings is 1. The minimum Gasteiger partial charge on any atom is -0.496 e. The highest BCUT2D eigenvalue weighted by Gasteiger charge is 2.26. The average molecular weight is 324 g/mol. The molecule has 1 fully saturated rings. The van der Waals surface area contributed by atoms with Gasteiger partial charge in [-0.1, -0.05) is 0 Å². The molecule has 1 aliphatic rings. The van der Waals surface area contributed by atoms with Crippen molar-refractivity contribution in [1.29, 1.82) is 0 Å². The Kier molecular flexibility index (Phi) is 5.96. The predicted molar refractivity (Wildman–Crippen MR) is 86.0 cm³/mol. The zero-order valence-electron chi connectivity index (χ0n) is 14.1. The van der Waals surface area contributed by atoms with Gasteiger partial charge >= 0.3 is 0 Å². The summed E-state index contributed by atoms with van der Waals surface area (Å²) in [6, 6.07) is 4.19. The molecule has 1 aliphatic heterocycles. The Hall–Kier alpha value is -1.66. The summed E-state index contributed by atoms with van der Waals surface area (Å²) in [5.74, 6) is 0.304. The molecule has 128 valence electrons. The molecule has 3 unspecified atom stereocenters. The molecule has 0 aromatic heterocycles. The van der Waals surface area contributed by atoms with Crippen LogP contribution in [-0.2, 0) is 9.53 Å². The maximum Gasteiger partial charge on any atom is 0.236 e. The average Bonchev–Trinajstić information content (AvgIpc) is 2.51. The molecule has 23 heavy (non-hydrogen) atoms. The largest absolute Gasteiger partial charge is 0.496 e. The number of methoxy groups -OCH3 is 1. The third kappa shape index (κ3) is 4.65. The van der Waals surface area contributed by atoms with E-state index in [1.54, 1.807) is 18.1 Å². The van der Waals surface area contributed by atoms with Gasteiger partial charge in [0.25, 0.3) is 0 Å². The number of ether oxygens (including phenoxy) is 2. The molecule has 3 atom stereocenters. The van der Waals surface area contributed by atoms with Gasteiger partial charge < -0.3 is 19.7 Å². The van der Waals surface area contributed by atoms with Crippen molar-refractivity contribution >= 4 is 5.91 Å². The SMILES string of the molecule is COc1ccc(F)cc1C(C)NCC(=O)N1CC(C)OC(C)C1. The molecule has 0 bridgehead atoms. The first-order valence-corrected chi connectivity index (χ1v) is 7.90. The number of carbonyl (C=O) groups excluding carboxylic acids is 1.